The van der Waals surface area contributed by atoms with Crippen molar-refractivity contribution in [3.05, 3.63) is 47.1 Å². The molecule has 1 fully saturated rings. The number of aryl methyl sites for hydroxylation is 1. The molecule has 19 heavy (non-hydrogen) atoms. The van der Waals surface area contributed by atoms with Gasteiger partial charge in [0.15, 0.2) is 5.82 Å². The lowest BCUT2D eigenvalue weighted by molar-refractivity contribution is 0.191. The second-order valence-corrected chi connectivity index (χ2v) is 5.06. The number of β-amino-alcohol motifs (C(OH)–C–C–N with tert-alkyl or cyclic N) is 1. The van der Waals surface area contributed by atoms with Crippen LogP contribution in [0.25, 0.3) is 0 Å². The van der Waals surface area contributed by atoms with Gasteiger partial charge in [-0.15, -0.1) is 0 Å². The van der Waals surface area contributed by atoms with Crippen molar-refractivity contribution in [3.63, 3.8) is 0 Å². The van der Waals surface area contributed by atoms with Crippen LogP contribution in [-0.2, 0) is 6.42 Å². The number of aliphatic hydroxyl groups is 1. The van der Waals surface area contributed by atoms with E-state index in [0.717, 1.165) is 5.56 Å². The van der Waals surface area contributed by atoms with E-state index in [9.17, 15) is 5.11 Å². The molecule has 0 radical (unpaired) electrons. The quantitative estimate of drug-likeness (QED) is 0.871. The highest BCUT2D eigenvalue weighted by molar-refractivity contribution is 5.23. The summed E-state index contributed by atoms with van der Waals surface area (Å²) in [6.45, 7) is 2.65. The molecule has 0 saturated carbocycles. The van der Waals surface area contributed by atoms with E-state index in [0.29, 0.717) is 31.1 Å². The highest BCUT2D eigenvalue weighted by atomic mass is 16.5. The van der Waals surface area contributed by atoms with E-state index in [1.165, 1.54) is 5.56 Å². The number of benzene rings is 1. The number of rotatable bonds is 3. The van der Waals surface area contributed by atoms with Gasteiger partial charge in [-0.25, -0.2) is 0 Å². The lowest BCUT2D eigenvalue weighted by Crippen LogP contribution is -2.15. The molecule has 0 bridgehead atoms. The van der Waals surface area contributed by atoms with Crippen LogP contribution in [0.4, 0.5) is 0 Å². The van der Waals surface area contributed by atoms with Crippen LogP contribution in [-0.4, -0.2) is 27.9 Å². The van der Waals surface area contributed by atoms with Crippen molar-refractivity contribution in [2.24, 2.45) is 0 Å². The third-order valence-electron chi connectivity index (χ3n) is 3.37. The predicted molar refractivity (Wildman–Crippen MR) is 69.7 cm³/mol. The molecule has 5 nitrogen and oxygen atoms in total. The maximum atomic E-state index is 9.48. The average molecular weight is 259 g/mol. The van der Waals surface area contributed by atoms with Crippen LogP contribution in [0, 0.1) is 6.92 Å². The van der Waals surface area contributed by atoms with E-state index in [1.807, 2.05) is 0 Å². The van der Waals surface area contributed by atoms with Gasteiger partial charge in [-0.1, -0.05) is 35.0 Å². The molecule has 1 unspecified atom stereocenters. The Balaban J connectivity index is 1.69. The second-order valence-electron chi connectivity index (χ2n) is 5.06. The summed E-state index contributed by atoms with van der Waals surface area (Å²) < 4.78 is 5.26. The van der Waals surface area contributed by atoms with Gasteiger partial charge in [0, 0.05) is 13.0 Å². The summed E-state index contributed by atoms with van der Waals surface area (Å²) in [4.78, 5) is 4.39. The lowest BCUT2D eigenvalue weighted by Gasteiger charge is -2.01. The highest BCUT2D eigenvalue weighted by Crippen LogP contribution is 2.22. The van der Waals surface area contributed by atoms with Gasteiger partial charge < -0.3 is 14.9 Å². The van der Waals surface area contributed by atoms with Gasteiger partial charge in [-0.05, 0) is 18.9 Å². The summed E-state index contributed by atoms with van der Waals surface area (Å²) in [6.07, 6.45) is 0.975. The van der Waals surface area contributed by atoms with E-state index in [4.69, 9.17) is 4.52 Å². The smallest absolute Gasteiger partial charge is 0.243 e. The molecular weight excluding hydrogens is 242 g/mol. The first-order chi connectivity index (χ1) is 9.20. The Bertz CT molecular complexity index is 550. The topological polar surface area (TPSA) is 71.2 Å². The first-order valence-electron chi connectivity index (χ1n) is 6.50. The molecule has 1 aromatic carbocycles. The van der Waals surface area contributed by atoms with Crippen molar-refractivity contribution in [3.8, 4) is 0 Å². The molecule has 3 rings (SSSR count). The molecule has 100 valence electrons. The fourth-order valence-corrected chi connectivity index (χ4v) is 2.27. The van der Waals surface area contributed by atoms with Crippen molar-refractivity contribution >= 4 is 0 Å². The average Bonchev–Trinajstić information content (AvgIpc) is 3.01. The molecule has 2 aromatic rings. The van der Waals surface area contributed by atoms with Crippen molar-refractivity contribution in [1.29, 1.82) is 0 Å². The van der Waals surface area contributed by atoms with Gasteiger partial charge in [0.2, 0.25) is 5.89 Å². The van der Waals surface area contributed by atoms with E-state index < -0.39 is 0 Å². The summed E-state index contributed by atoms with van der Waals surface area (Å²) in [6, 6.07) is 8.27. The lowest BCUT2D eigenvalue weighted by atomic mass is 10.1. The standard InChI is InChI=1S/C14H17N3O2/c1-9-2-4-10(5-3-9)6-13-16-14(19-17-13)12-7-11(18)8-15-12/h2-5,11-12,15,18H,6-8H2,1H3/t11?,12-/m0/s1. The summed E-state index contributed by atoms with van der Waals surface area (Å²) in [5.74, 6) is 1.25. The first-order valence-corrected chi connectivity index (χ1v) is 6.50. The van der Waals surface area contributed by atoms with E-state index in [-0.39, 0.29) is 12.1 Å². The minimum atomic E-state index is -0.322. The second kappa shape index (κ2) is 5.11. The molecular formula is C14H17N3O2. The number of hydrogen-bond acceptors (Lipinski definition) is 5. The molecule has 0 spiro atoms. The Morgan fingerprint density at radius 2 is 2.16 bits per heavy atom. The third kappa shape index (κ3) is 2.83. The Morgan fingerprint density at radius 1 is 1.37 bits per heavy atom. The van der Waals surface area contributed by atoms with Crippen LogP contribution < -0.4 is 5.32 Å². The van der Waals surface area contributed by atoms with Crippen LogP contribution in [0.2, 0.25) is 0 Å². The van der Waals surface area contributed by atoms with Crippen LogP contribution in [0.3, 0.4) is 0 Å². The van der Waals surface area contributed by atoms with Crippen LogP contribution >= 0.6 is 0 Å². The zero-order valence-electron chi connectivity index (χ0n) is 10.8. The maximum Gasteiger partial charge on any atom is 0.243 e. The summed E-state index contributed by atoms with van der Waals surface area (Å²) in [5, 5.41) is 16.6. The molecule has 5 heteroatoms. The van der Waals surface area contributed by atoms with Crippen molar-refractivity contribution in [2.75, 3.05) is 6.54 Å². The Kier molecular flexibility index (Phi) is 3.31. The number of hydrogen-bond donors (Lipinski definition) is 2. The molecule has 1 aromatic heterocycles. The zero-order valence-corrected chi connectivity index (χ0v) is 10.8. The molecule has 1 aliphatic rings. The fraction of sp³-hybridized carbons (Fsp3) is 0.429. The first kappa shape index (κ1) is 12.3. The van der Waals surface area contributed by atoms with E-state index in [1.54, 1.807) is 0 Å². The summed E-state index contributed by atoms with van der Waals surface area (Å²) in [7, 11) is 0. The minimum Gasteiger partial charge on any atom is -0.392 e. The largest absolute Gasteiger partial charge is 0.392 e. The van der Waals surface area contributed by atoms with Gasteiger partial charge in [0.05, 0.1) is 12.1 Å². The van der Waals surface area contributed by atoms with Crippen LogP contribution in [0.15, 0.2) is 28.8 Å². The van der Waals surface area contributed by atoms with Gasteiger partial charge in [0.1, 0.15) is 0 Å². The number of nitrogens with zero attached hydrogens (tertiary/aromatic N) is 2. The van der Waals surface area contributed by atoms with Crippen molar-refractivity contribution < 1.29 is 9.63 Å². The fourth-order valence-electron chi connectivity index (χ4n) is 2.27. The van der Waals surface area contributed by atoms with Crippen LogP contribution in [0.1, 0.15) is 35.3 Å². The van der Waals surface area contributed by atoms with Crippen molar-refractivity contribution in [1.82, 2.24) is 15.5 Å². The maximum absolute atomic E-state index is 9.48. The van der Waals surface area contributed by atoms with Crippen LogP contribution in [0.5, 0.6) is 0 Å². The Morgan fingerprint density at radius 3 is 2.84 bits per heavy atom. The van der Waals surface area contributed by atoms with Crippen molar-refractivity contribution in [2.45, 2.75) is 31.9 Å². The van der Waals surface area contributed by atoms with Gasteiger partial charge in [-0.3, -0.25) is 0 Å². The zero-order chi connectivity index (χ0) is 13.2. The summed E-state index contributed by atoms with van der Waals surface area (Å²) in [5.41, 5.74) is 2.40. The molecule has 1 aliphatic heterocycles. The molecule has 0 aliphatic carbocycles. The normalized spacial score (nSPS) is 22.8. The minimum absolute atomic E-state index is 0.0192. The number of nitrogens with one attached hydrogen (secondary N) is 1. The number of aromatic nitrogens is 2. The third-order valence-corrected chi connectivity index (χ3v) is 3.37. The number of aliphatic hydroxyl groups excluding tert-OH is 1. The molecule has 1 saturated heterocycles. The molecule has 2 N–H and O–H groups in total. The van der Waals surface area contributed by atoms with Gasteiger partial charge in [0.25, 0.3) is 0 Å². The molecule has 2 heterocycles. The highest BCUT2D eigenvalue weighted by Gasteiger charge is 2.27. The van der Waals surface area contributed by atoms with Gasteiger partial charge in [-0.2, -0.15) is 4.98 Å². The SMILES string of the molecule is Cc1ccc(Cc2noc([C@@H]3CC(O)CN3)n2)cc1. The monoisotopic (exact) mass is 259 g/mol. The summed E-state index contributed by atoms with van der Waals surface area (Å²) >= 11 is 0. The molecule has 0 amide bonds. The van der Waals surface area contributed by atoms with E-state index in [2.05, 4.69) is 46.6 Å². The predicted octanol–water partition coefficient (Wildman–Crippen LogP) is 1.36. The Hall–Kier alpha value is -1.72. The Labute approximate surface area is 111 Å². The van der Waals surface area contributed by atoms with Gasteiger partial charge >= 0.3 is 0 Å². The molecule has 2 atom stereocenters. The van der Waals surface area contributed by atoms with E-state index >= 15 is 0 Å².